The van der Waals surface area contributed by atoms with E-state index in [1.54, 1.807) is 13.2 Å². The van der Waals surface area contributed by atoms with Gasteiger partial charge in [0, 0.05) is 41.9 Å². The maximum Gasteiger partial charge on any atom is 0.228 e. The average Bonchev–Trinajstić information content (AvgIpc) is 3.03. The van der Waals surface area contributed by atoms with E-state index < -0.39 is 11.2 Å². The van der Waals surface area contributed by atoms with Crippen LogP contribution >= 0.6 is 11.3 Å². The van der Waals surface area contributed by atoms with Crippen molar-refractivity contribution in [3.63, 3.8) is 0 Å². The number of amides is 1. The third kappa shape index (κ3) is 2.69. The zero-order chi connectivity index (χ0) is 17.5. The van der Waals surface area contributed by atoms with Gasteiger partial charge in [-0.15, -0.1) is 11.3 Å². The molecule has 0 aliphatic carbocycles. The summed E-state index contributed by atoms with van der Waals surface area (Å²) in [6.45, 7) is 1.92. The summed E-state index contributed by atoms with van der Waals surface area (Å²) in [5.41, 5.74) is 0.133. The van der Waals surface area contributed by atoms with Crippen molar-refractivity contribution in [3.8, 4) is 16.6 Å². The molecule has 3 rings (SSSR count). The molecule has 7 heteroatoms. The lowest BCUT2D eigenvalue weighted by molar-refractivity contribution is -0.128. The number of thiazole rings is 1. The fourth-order valence-electron chi connectivity index (χ4n) is 2.76. The van der Waals surface area contributed by atoms with Crippen molar-refractivity contribution in [1.82, 2.24) is 9.88 Å². The molecule has 1 amide bonds. The van der Waals surface area contributed by atoms with Gasteiger partial charge < -0.3 is 4.90 Å². The van der Waals surface area contributed by atoms with E-state index in [9.17, 15) is 9.18 Å². The molecule has 0 bridgehead atoms. The number of halogens is 1. The standard InChI is InChI=1S/C17H15FN4OS/c1-17(6-14(20)22(2)15(23)7-17)13-9-21-16(24-13)11-5-10(8-19)3-4-12(11)18/h3-5,9,20H,6-7H2,1-2H3/t17-/m0/s1. The number of piperidine rings is 1. The average molecular weight is 342 g/mol. The molecular formula is C17H15FN4OS. The minimum Gasteiger partial charge on any atom is -0.304 e. The summed E-state index contributed by atoms with van der Waals surface area (Å²) < 4.78 is 14.1. The van der Waals surface area contributed by atoms with Gasteiger partial charge >= 0.3 is 0 Å². The van der Waals surface area contributed by atoms with E-state index in [1.165, 1.54) is 34.4 Å². The van der Waals surface area contributed by atoms with Crippen LogP contribution in [0.5, 0.6) is 0 Å². The number of nitrogens with one attached hydrogen (secondary N) is 1. The number of carbonyl (C=O) groups excluding carboxylic acids is 1. The molecule has 0 spiro atoms. The van der Waals surface area contributed by atoms with E-state index in [4.69, 9.17) is 10.7 Å². The predicted molar refractivity (Wildman–Crippen MR) is 89.3 cm³/mol. The van der Waals surface area contributed by atoms with Gasteiger partial charge in [-0.25, -0.2) is 9.37 Å². The fraction of sp³-hybridized carbons (Fsp3) is 0.294. The molecule has 122 valence electrons. The summed E-state index contributed by atoms with van der Waals surface area (Å²) in [6.07, 6.45) is 2.36. The Balaban J connectivity index is 1.98. The van der Waals surface area contributed by atoms with E-state index in [-0.39, 0.29) is 23.7 Å². The number of amidine groups is 1. The number of hydrogen-bond donors (Lipinski definition) is 1. The first-order chi connectivity index (χ1) is 11.3. The zero-order valence-corrected chi connectivity index (χ0v) is 14.1. The molecule has 24 heavy (non-hydrogen) atoms. The minimum absolute atomic E-state index is 0.110. The fourth-order valence-corrected chi connectivity index (χ4v) is 3.84. The van der Waals surface area contributed by atoms with E-state index in [1.807, 2.05) is 13.0 Å². The number of nitrogens with zero attached hydrogens (tertiary/aromatic N) is 3. The van der Waals surface area contributed by atoms with E-state index in [0.717, 1.165) is 4.88 Å². The van der Waals surface area contributed by atoms with Crippen LogP contribution in [0.4, 0.5) is 4.39 Å². The lowest BCUT2D eigenvalue weighted by Crippen LogP contribution is -2.46. The molecule has 1 fully saturated rings. The van der Waals surface area contributed by atoms with Gasteiger partial charge in [-0.3, -0.25) is 10.2 Å². The third-order valence-electron chi connectivity index (χ3n) is 4.30. The topological polar surface area (TPSA) is 80.8 Å². The van der Waals surface area contributed by atoms with Crippen LogP contribution in [0, 0.1) is 22.6 Å². The van der Waals surface area contributed by atoms with Gasteiger partial charge in [-0.05, 0) is 18.2 Å². The van der Waals surface area contributed by atoms with Crippen molar-refractivity contribution in [2.45, 2.75) is 25.2 Å². The quantitative estimate of drug-likeness (QED) is 0.909. The molecule has 0 saturated carbocycles. The van der Waals surface area contributed by atoms with Gasteiger partial charge in [0.15, 0.2) is 0 Å². The van der Waals surface area contributed by atoms with Crippen LogP contribution in [0.3, 0.4) is 0 Å². The number of aromatic nitrogens is 1. The van der Waals surface area contributed by atoms with Crippen molar-refractivity contribution in [3.05, 3.63) is 40.7 Å². The maximum atomic E-state index is 14.1. The summed E-state index contributed by atoms with van der Waals surface area (Å²) in [5.74, 6) is -0.282. The Morgan fingerprint density at radius 2 is 2.21 bits per heavy atom. The van der Waals surface area contributed by atoms with Gasteiger partial charge in [0.05, 0.1) is 11.6 Å². The van der Waals surface area contributed by atoms with E-state index >= 15 is 0 Å². The highest BCUT2D eigenvalue weighted by Crippen LogP contribution is 2.41. The van der Waals surface area contributed by atoms with Gasteiger partial charge in [0.25, 0.3) is 0 Å². The molecular weight excluding hydrogens is 327 g/mol. The molecule has 5 nitrogen and oxygen atoms in total. The zero-order valence-electron chi connectivity index (χ0n) is 13.3. The Morgan fingerprint density at radius 1 is 1.46 bits per heavy atom. The second kappa shape index (κ2) is 5.80. The van der Waals surface area contributed by atoms with Crippen molar-refractivity contribution in [1.29, 1.82) is 10.7 Å². The van der Waals surface area contributed by atoms with Crippen molar-refractivity contribution >= 4 is 23.1 Å². The van der Waals surface area contributed by atoms with Crippen LogP contribution in [0.15, 0.2) is 24.4 Å². The Kier molecular flexibility index (Phi) is 3.93. The number of rotatable bonds is 2. The minimum atomic E-state index is -0.514. The molecule has 1 saturated heterocycles. The maximum absolute atomic E-state index is 14.1. The van der Waals surface area contributed by atoms with Crippen LogP contribution in [0.25, 0.3) is 10.6 Å². The highest BCUT2D eigenvalue weighted by Gasteiger charge is 2.39. The lowest BCUT2D eigenvalue weighted by Gasteiger charge is -2.36. The SMILES string of the molecule is CN1C(=N)C[C@](C)(c2cnc(-c3cc(C#N)ccc3F)s2)CC1=O. The second-order valence-corrected chi connectivity index (χ2v) is 7.18. The van der Waals surface area contributed by atoms with Gasteiger partial charge in [0.2, 0.25) is 5.91 Å². The Hall–Kier alpha value is -2.59. The number of benzene rings is 1. The molecule has 1 aromatic heterocycles. The molecule has 0 radical (unpaired) electrons. The van der Waals surface area contributed by atoms with Gasteiger partial charge in [0.1, 0.15) is 16.7 Å². The van der Waals surface area contributed by atoms with E-state index in [2.05, 4.69) is 4.98 Å². The van der Waals surface area contributed by atoms with Crippen molar-refractivity contribution in [2.24, 2.45) is 0 Å². The summed E-state index contributed by atoms with van der Waals surface area (Å²) in [7, 11) is 1.60. The highest BCUT2D eigenvalue weighted by molar-refractivity contribution is 7.15. The van der Waals surface area contributed by atoms with Crippen LogP contribution < -0.4 is 0 Å². The first-order valence-electron chi connectivity index (χ1n) is 7.34. The number of likely N-dealkylation sites (tertiary alicyclic amines) is 1. The monoisotopic (exact) mass is 342 g/mol. The van der Waals surface area contributed by atoms with Gasteiger partial charge in [-0.1, -0.05) is 6.92 Å². The smallest absolute Gasteiger partial charge is 0.228 e. The van der Waals surface area contributed by atoms with E-state index in [0.29, 0.717) is 17.0 Å². The van der Waals surface area contributed by atoms with Crippen molar-refractivity contribution < 1.29 is 9.18 Å². The Morgan fingerprint density at radius 3 is 2.88 bits per heavy atom. The Bertz CT molecular complexity index is 865. The molecule has 1 aromatic carbocycles. The van der Waals surface area contributed by atoms with Gasteiger partial charge in [-0.2, -0.15) is 5.26 Å². The molecule has 1 N–H and O–H groups in total. The molecule has 2 aromatic rings. The summed E-state index contributed by atoms with van der Waals surface area (Å²) >= 11 is 1.30. The van der Waals surface area contributed by atoms with Crippen LogP contribution in [0.2, 0.25) is 0 Å². The first-order valence-corrected chi connectivity index (χ1v) is 8.16. The Labute approximate surface area is 142 Å². The molecule has 1 atom stereocenters. The molecule has 0 unspecified atom stereocenters. The highest BCUT2D eigenvalue weighted by atomic mass is 32.1. The summed E-state index contributed by atoms with van der Waals surface area (Å²) in [5, 5.41) is 17.4. The largest absolute Gasteiger partial charge is 0.304 e. The van der Waals surface area contributed by atoms with Crippen LogP contribution in [0.1, 0.15) is 30.2 Å². The second-order valence-electron chi connectivity index (χ2n) is 6.15. The molecule has 1 aliphatic rings. The predicted octanol–water partition coefficient (Wildman–Crippen LogP) is 3.31. The lowest BCUT2D eigenvalue weighted by atomic mass is 9.78. The first kappa shape index (κ1) is 16.3. The number of nitriles is 1. The number of hydrogen-bond acceptors (Lipinski definition) is 5. The normalized spacial score (nSPS) is 21.0. The van der Waals surface area contributed by atoms with Crippen molar-refractivity contribution in [2.75, 3.05) is 7.05 Å². The van der Waals surface area contributed by atoms with Crippen LogP contribution in [-0.4, -0.2) is 28.7 Å². The summed E-state index contributed by atoms with van der Waals surface area (Å²) in [4.78, 5) is 18.6. The third-order valence-corrected chi connectivity index (χ3v) is 5.64. The molecule has 1 aliphatic heterocycles. The molecule has 2 heterocycles. The number of carbonyl (C=O) groups is 1. The summed E-state index contributed by atoms with van der Waals surface area (Å²) in [6, 6.07) is 6.14. The van der Waals surface area contributed by atoms with Crippen LogP contribution in [-0.2, 0) is 10.2 Å².